The SMILES string of the molecule is CC(C)OCC(=O)O[C@@H]1C[C@]2(C(C)C)O[C@@]1(C)[C@@H]1CC[C@@H](C)[C@H]1[C@@H]2OC(=O)/C=C/c1ccccc1. The Labute approximate surface area is 209 Å². The minimum Gasteiger partial charge on any atom is -0.457 e. The lowest BCUT2D eigenvalue weighted by Crippen LogP contribution is -2.62. The van der Waals surface area contributed by atoms with Crippen LogP contribution in [-0.2, 0) is 28.5 Å². The number of ether oxygens (including phenoxy) is 4. The fourth-order valence-corrected chi connectivity index (χ4v) is 6.57. The van der Waals surface area contributed by atoms with Gasteiger partial charge in [-0.15, -0.1) is 0 Å². The van der Waals surface area contributed by atoms with Crippen molar-refractivity contribution < 1.29 is 28.5 Å². The third kappa shape index (κ3) is 4.92. The molecule has 0 amide bonds. The predicted molar refractivity (Wildman–Crippen MR) is 133 cm³/mol. The molecule has 1 saturated carbocycles. The summed E-state index contributed by atoms with van der Waals surface area (Å²) < 4.78 is 24.6. The number of benzene rings is 1. The maximum Gasteiger partial charge on any atom is 0.332 e. The Morgan fingerprint density at radius 3 is 2.49 bits per heavy atom. The van der Waals surface area contributed by atoms with Crippen LogP contribution in [0.1, 0.15) is 66.4 Å². The first-order chi connectivity index (χ1) is 16.6. The monoisotopic (exact) mass is 484 g/mol. The van der Waals surface area contributed by atoms with Gasteiger partial charge in [-0.1, -0.05) is 51.1 Å². The minimum atomic E-state index is -0.714. The van der Waals surface area contributed by atoms with E-state index in [0.717, 1.165) is 18.4 Å². The summed E-state index contributed by atoms with van der Waals surface area (Å²) >= 11 is 0. The van der Waals surface area contributed by atoms with E-state index in [9.17, 15) is 9.59 Å². The molecule has 3 aliphatic rings. The average molecular weight is 485 g/mol. The Bertz CT molecular complexity index is 940. The van der Waals surface area contributed by atoms with E-state index in [-0.39, 0.29) is 42.4 Å². The minimum absolute atomic E-state index is 0.0491. The molecule has 1 aliphatic carbocycles. The van der Waals surface area contributed by atoms with Gasteiger partial charge in [0, 0.05) is 18.4 Å². The second kappa shape index (κ2) is 10.1. The first kappa shape index (κ1) is 25.9. The van der Waals surface area contributed by atoms with Crippen molar-refractivity contribution in [3.8, 4) is 0 Å². The molecule has 2 saturated heterocycles. The predicted octanol–water partition coefficient (Wildman–Crippen LogP) is 5.20. The number of carbonyl (C=O) groups is 2. The Morgan fingerprint density at radius 2 is 1.83 bits per heavy atom. The highest BCUT2D eigenvalue weighted by Gasteiger charge is 2.72. The molecule has 2 bridgehead atoms. The van der Waals surface area contributed by atoms with Crippen LogP contribution >= 0.6 is 0 Å². The van der Waals surface area contributed by atoms with Crippen LogP contribution in [0.3, 0.4) is 0 Å². The van der Waals surface area contributed by atoms with Crippen molar-refractivity contribution in [2.75, 3.05) is 6.61 Å². The van der Waals surface area contributed by atoms with E-state index in [1.54, 1.807) is 6.08 Å². The Morgan fingerprint density at radius 1 is 1.11 bits per heavy atom. The molecule has 192 valence electrons. The van der Waals surface area contributed by atoms with Gasteiger partial charge in [0.25, 0.3) is 0 Å². The lowest BCUT2D eigenvalue weighted by atomic mass is 9.69. The summed E-state index contributed by atoms with van der Waals surface area (Å²) in [7, 11) is 0. The first-order valence-corrected chi connectivity index (χ1v) is 13.0. The van der Waals surface area contributed by atoms with Crippen LogP contribution in [0.15, 0.2) is 36.4 Å². The van der Waals surface area contributed by atoms with Crippen molar-refractivity contribution in [1.82, 2.24) is 0 Å². The molecule has 7 atom stereocenters. The summed E-state index contributed by atoms with van der Waals surface area (Å²) in [6.07, 6.45) is 4.93. The fraction of sp³-hybridized carbons (Fsp3) is 0.655. The summed E-state index contributed by atoms with van der Waals surface area (Å²) in [6, 6.07) is 9.71. The molecule has 3 fully saturated rings. The normalized spacial score (nSPS) is 36.1. The molecule has 6 heteroatoms. The smallest absolute Gasteiger partial charge is 0.332 e. The van der Waals surface area contributed by atoms with Gasteiger partial charge in [0.15, 0.2) is 0 Å². The molecule has 0 spiro atoms. The summed E-state index contributed by atoms with van der Waals surface area (Å²) in [5.74, 6) is 0.0159. The van der Waals surface area contributed by atoms with Crippen molar-refractivity contribution in [2.24, 2.45) is 23.7 Å². The zero-order chi connectivity index (χ0) is 25.4. The van der Waals surface area contributed by atoms with Crippen molar-refractivity contribution in [3.05, 3.63) is 42.0 Å². The van der Waals surface area contributed by atoms with Crippen molar-refractivity contribution >= 4 is 18.0 Å². The topological polar surface area (TPSA) is 71.1 Å². The number of hydrogen-bond acceptors (Lipinski definition) is 6. The molecule has 0 radical (unpaired) electrons. The molecule has 1 aromatic carbocycles. The van der Waals surface area contributed by atoms with E-state index in [1.165, 1.54) is 6.08 Å². The number of fused-ring (bicyclic) bond motifs is 4. The van der Waals surface area contributed by atoms with Gasteiger partial charge in [0.05, 0.1) is 6.10 Å². The van der Waals surface area contributed by atoms with E-state index in [2.05, 4.69) is 27.7 Å². The molecule has 0 aromatic heterocycles. The molecule has 1 aromatic rings. The van der Waals surface area contributed by atoms with Gasteiger partial charge < -0.3 is 18.9 Å². The molecule has 4 rings (SSSR count). The van der Waals surface area contributed by atoms with Gasteiger partial charge in [0.1, 0.15) is 30.0 Å². The van der Waals surface area contributed by atoms with Crippen LogP contribution < -0.4 is 0 Å². The number of rotatable bonds is 8. The second-order valence-electron chi connectivity index (χ2n) is 11.3. The summed E-state index contributed by atoms with van der Waals surface area (Å²) in [5.41, 5.74) is -0.385. The van der Waals surface area contributed by atoms with Crippen LogP contribution in [0.5, 0.6) is 0 Å². The Kier molecular flexibility index (Phi) is 7.44. The molecule has 0 unspecified atom stereocenters. The zero-order valence-corrected chi connectivity index (χ0v) is 21.9. The Balaban J connectivity index is 1.60. The lowest BCUT2D eigenvalue weighted by molar-refractivity contribution is -0.264. The molecule has 35 heavy (non-hydrogen) atoms. The van der Waals surface area contributed by atoms with E-state index < -0.39 is 23.4 Å². The van der Waals surface area contributed by atoms with Crippen molar-refractivity contribution in [1.29, 1.82) is 0 Å². The zero-order valence-electron chi connectivity index (χ0n) is 21.9. The third-order valence-electron chi connectivity index (χ3n) is 8.42. The van der Waals surface area contributed by atoms with Gasteiger partial charge in [-0.3, -0.25) is 0 Å². The van der Waals surface area contributed by atoms with Crippen molar-refractivity contribution in [2.45, 2.75) is 90.3 Å². The maximum absolute atomic E-state index is 13.0. The first-order valence-electron chi connectivity index (χ1n) is 13.0. The quantitative estimate of drug-likeness (QED) is 0.373. The summed E-state index contributed by atoms with van der Waals surface area (Å²) in [6.45, 7) is 12.2. The number of esters is 2. The van der Waals surface area contributed by atoms with E-state index >= 15 is 0 Å². The number of carbonyl (C=O) groups excluding carboxylic acids is 2. The van der Waals surface area contributed by atoms with Gasteiger partial charge in [0.2, 0.25) is 0 Å². The van der Waals surface area contributed by atoms with Crippen molar-refractivity contribution in [3.63, 3.8) is 0 Å². The third-order valence-corrected chi connectivity index (χ3v) is 8.42. The molecule has 6 nitrogen and oxygen atoms in total. The summed E-state index contributed by atoms with van der Waals surface area (Å²) in [5, 5.41) is 0. The molecule has 2 aliphatic heterocycles. The number of hydrogen-bond donors (Lipinski definition) is 0. The average Bonchev–Trinajstić information content (AvgIpc) is 3.32. The maximum atomic E-state index is 13.0. The fourth-order valence-electron chi connectivity index (χ4n) is 6.57. The van der Waals surface area contributed by atoms with Crippen LogP contribution in [0.25, 0.3) is 6.08 Å². The van der Waals surface area contributed by atoms with Gasteiger partial charge in [-0.25, -0.2) is 9.59 Å². The van der Waals surface area contributed by atoms with E-state index in [4.69, 9.17) is 18.9 Å². The largest absolute Gasteiger partial charge is 0.457 e. The summed E-state index contributed by atoms with van der Waals surface area (Å²) in [4.78, 5) is 25.7. The van der Waals surface area contributed by atoms with Crippen LogP contribution in [0.4, 0.5) is 0 Å². The highest BCUT2D eigenvalue weighted by atomic mass is 16.6. The molecule has 0 N–H and O–H groups in total. The molecular formula is C29H40O6. The highest BCUT2D eigenvalue weighted by molar-refractivity contribution is 5.87. The molecule has 2 heterocycles. The lowest BCUT2D eigenvalue weighted by Gasteiger charge is -2.52. The van der Waals surface area contributed by atoms with Crippen LogP contribution in [-0.4, -0.2) is 48.1 Å². The van der Waals surface area contributed by atoms with E-state index in [0.29, 0.717) is 12.3 Å². The van der Waals surface area contributed by atoms with E-state index in [1.807, 2.05) is 44.2 Å². The van der Waals surface area contributed by atoms with Gasteiger partial charge >= 0.3 is 11.9 Å². The standard InChI is InChI=1S/C29H40O6/c1-18(2)29-16-23(33-25(31)17-32-19(3)4)28(6,35-29)22-14-12-20(5)26(22)27(29)34-24(30)15-13-21-10-8-7-9-11-21/h7-11,13,15,18-20,22-23,26-27H,12,14,16-17H2,1-6H3/b15-13+/t20-,22-,23-,26-,27+,28+,29-/m1/s1. The second-order valence-corrected chi connectivity index (χ2v) is 11.3. The Hall–Kier alpha value is -2.18. The van der Waals surface area contributed by atoms with Gasteiger partial charge in [-0.2, -0.15) is 0 Å². The van der Waals surface area contributed by atoms with Gasteiger partial charge in [-0.05, 0) is 63.0 Å². The van der Waals surface area contributed by atoms with Crippen LogP contribution in [0, 0.1) is 23.7 Å². The molecular weight excluding hydrogens is 444 g/mol. The van der Waals surface area contributed by atoms with Crippen LogP contribution in [0.2, 0.25) is 0 Å². The highest BCUT2D eigenvalue weighted by Crippen LogP contribution is 2.63.